The summed E-state index contributed by atoms with van der Waals surface area (Å²) in [6.07, 6.45) is 7.69. The van der Waals surface area contributed by atoms with E-state index >= 15 is 0 Å². The maximum absolute atomic E-state index is 12.7. The van der Waals surface area contributed by atoms with E-state index in [0.717, 1.165) is 51.7 Å². The van der Waals surface area contributed by atoms with Gasteiger partial charge in [0.2, 0.25) is 5.91 Å². The Balaban J connectivity index is 1.34. The van der Waals surface area contributed by atoms with Gasteiger partial charge in [-0.1, -0.05) is 6.08 Å². The number of hydrogen-bond acceptors (Lipinski definition) is 8. The van der Waals surface area contributed by atoms with E-state index in [1.165, 1.54) is 10.4 Å². The Morgan fingerprint density at radius 2 is 2.05 bits per heavy atom. The van der Waals surface area contributed by atoms with Gasteiger partial charge < -0.3 is 19.9 Å². The highest BCUT2D eigenvalue weighted by molar-refractivity contribution is 7.19. The van der Waals surface area contributed by atoms with E-state index in [0.29, 0.717) is 18.8 Å². The number of anilines is 2. The van der Waals surface area contributed by atoms with Gasteiger partial charge in [-0.25, -0.2) is 9.97 Å². The van der Waals surface area contributed by atoms with Gasteiger partial charge in [-0.15, -0.1) is 11.3 Å². The number of amides is 1. The van der Waals surface area contributed by atoms with E-state index < -0.39 is 0 Å². The molecule has 0 aliphatic carbocycles. The molecule has 1 aromatic carbocycles. The molecule has 9 heteroatoms. The Morgan fingerprint density at radius 3 is 2.81 bits per heavy atom. The number of nitrogens with one attached hydrogen (secondary N) is 1. The maximum Gasteiger partial charge on any atom is 0.246 e. The molecule has 0 unspecified atom stereocenters. The van der Waals surface area contributed by atoms with Crippen LogP contribution in [0.25, 0.3) is 10.2 Å². The van der Waals surface area contributed by atoms with Gasteiger partial charge >= 0.3 is 0 Å². The highest BCUT2D eigenvalue weighted by atomic mass is 32.1. The fourth-order valence-electron chi connectivity index (χ4n) is 4.30. The lowest BCUT2D eigenvalue weighted by Crippen LogP contribution is -2.34. The van der Waals surface area contributed by atoms with E-state index in [9.17, 15) is 4.79 Å². The van der Waals surface area contributed by atoms with Crippen molar-refractivity contribution >= 4 is 39.0 Å². The zero-order chi connectivity index (χ0) is 25.9. The smallest absolute Gasteiger partial charge is 0.246 e. The summed E-state index contributed by atoms with van der Waals surface area (Å²) in [6.45, 7) is 5.98. The second-order valence-corrected chi connectivity index (χ2v) is 10.5. The third-order valence-electron chi connectivity index (χ3n) is 6.23. The van der Waals surface area contributed by atoms with E-state index in [-0.39, 0.29) is 5.91 Å². The minimum atomic E-state index is 0.0496. The molecule has 4 aromatic rings. The first-order valence-corrected chi connectivity index (χ1v) is 13.0. The summed E-state index contributed by atoms with van der Waals surface area (Å²) >= 11 is 1.64. The number of fused-ring (bicyclic) bond motifs is 3. The number of likely N-dealkylation sites (N-methyl/N-ethyl adjacent to an activating group) is 1. The van der Waals surface area contributed by atoms with Crippen molar-refractivity contribution in [2.45, 2.75) is 26.8 Å². The average molecular weight is 515 g/mol. The first-order chi connectivity index (χ1) is 17.9. The number of carbonyl (C=O) groups is 1. The highest BCUT2D eigenvalue weighted by Gasteiger charge is 2.25. The standard InChI is InChI=1S/C28H30N6O2S/c1-18-14-20(8-10-23(18)36-21-9-7-19(2)29-15-21)32-27-26-22-11-13-34(25(35)6-5-12-33(3)4)16-24(22)37-28(26)31-17-30-27/h5-10,14-15,17H,11-13,16H2,1-4H3,(H,30,31,32)/b6-5+. The van der Waals surface area contributed by atoms with Crippen LogP contribution < -0.4 is 10.1 Å². The minimum Gasteiger partial charge on any atom is -0.455 e. The summed E-state index contributed by atoms with van der Waals surface area (Å²) in [5, 5.41) is 4.53. The van der Waals surface area contributed by atoms with Crippen molar-refractivity contribution in [2.24, 2.45) is 0 Å². The maximum atomic E-state index is 12.7. The number of thiophene rings is 1. The van der Waals surface area contributed by atoms with Gasteiger partial charge in [0, 0.05) is 35.4 Å². The monoisotopic (exact) mass is 514 g/mol. The molecule has 190 valence electrons. The molecular formula is C28H30N6O2S. The van der Waals surface area contributed by atoms with Crippen molar-refractivity contribution in [3.63, 3.8) is 0 Å². The second kappa shape index (κ2) is 10.7. The third-order valence-corrected chi connectivity index (χ3v) is 7.35. The zero-order valence-electron chi connectivity index (χ0n) is 21.5. The second-order valence-electron chi connectivity index (χ2n) is 9.42. The Morgan fingerprint density at radius 1 is 1.19 bits per heavy atom. The van der Waals surface area contributed by atoms with Gasteiger partial charge in [0.1, 0.15) is 28.5 Å². The molecule has 5 rings (SSSR count). The first-order valence-electron chi connectivity index (χ1n) is 12.2. The van der Waals surface area contributed by atoms with Crippen LogP contribution >= 0.6 is 11.3 Å². The Labute approximate surface area is 220 Å². The largest absolute Gasteiger partial charge is 0.455 e. The number of pyridine rings is 1. The molecule has 1 amide bonds. The van der Waals surface area contributed by atoms with Crippen LogP contribution in [0, 0.1) is 13.8 Å². The molecule has 0 bridgehead atoms. The molecule has 0 atom stereocenters. The number of ether oxygens (including phenoxy) is 1. The van der Waals surface area contributed by atoms with Crippen molar-refractivity contribution < 1.29 is 9.53 Å². The van der Waals surface area contributed by atoms with E-state index in [1.807, 2.05) is 74.2 Å². The summed E-state index contributed by atoms with van der Waals surface area (Å²) in [5.41, 5.74) is 4.10. The van der Waals surface area contributed by atoms with Crippen LogP contribution in [-0.2, 0) is 17.8 Å². The van der Waals surface area contributed by atoms with Crippen molar-refractivity contribution in [2.75, 3.05) is 32.5 Å². The van der Waals surface area contributed by atoms with Crippen LogP contribution in [0.3, 0.4) is 0 Å². The van der Waals surface area contributed by atoms with Crippen LogP contribution in [0.2, 0.25) is 0 Å². The van der Waals surface area contributed by atoms with Crippen LogP contribution in [0.5, 0.6) is 11.5 Å². The molecule has 0 saturated heterocycles. The molecular weight excluding hydrogens is 484 g/mol. The van der Waals surface area contributed by atoms with E-state index in [1.54, 1.807) is 29.9 Å². The van der Waals surface area contributed by atoms with Gasteiger partial charge in [-0.2, -0.15) is 0 Å². The molecule has 1 aliphatic heterocycles. The van der Waals surface area contributed by atoms with Crippen molar-refractivity contribution in [1.82, 2.24) is 24.8 Å². The predicted octanol–water partition coefficient (Wildman–Crippen LogP) is 5.24. The summed E-state index contributed by atoms with van der Waals surface area (Å²) < 4.78 is 6.01. The number of hydrogen-bond donors (Lipinski definition) is 1. The summed E-state index contributed by atoms with van der Waals surface area (Å²) in [4.78, 5) is 32.1. The fraction of sp³-hybridized carbons (Fsp3) is 0.286. The van der Waals surface area contributed by atoms with Gasteiger partial charge in [0.15, 0.2) is 0 Å². The Hall–Kier alpha value is -3.82. The molecule has 0 saturated carbocycles. The highest BCUT2D eigenvalue weighted by Crippen LogP contribution is 2.38. The van der Waals surface area contributed by atoms with Crippen LogP contribution in [0.1, 0.15) is 21.7 Å². The molecule has 1 aliphatic rings. The van der Waals surface area contributed by atoms with Gasteiger partial charge in [0.25, 0.3) is 0 Å². The van der Waals surface area contributed by atoms with E-state index in [2.05, 4.69) is 20.3 Å². The zero-order valence-corrected chi connectivity index (χ0v) is 22.3. The Kier molecular flexibility index (Phi) is 7.16. The topological polar surface area (TPSA) is 83.5 Å². The number of benzene rings is 1. The molecule has 8 nitrogen and oxygen atoms in total. The summed E-state index contributed by atoms with van der Waals surface area (Å²) in [6, 6.07) is 9.83. The van der Waals surface area contributed by atoms with Crippen LogP contribution in [0.15, 0.2) is 55.0 Å². The lowest BCUT2D eigenvalue weighted by molar-refractivity contribution is -0.126. The molecule has 4 heterocycles. The quantitative estimate of drug-likeness (QED) is 0.338. The van der Waals surface area contributed by atoms with Gasteiger partial charge in [-0.3, -0.25) is 9.78 Å². The Bertz CT molecular complexity index is 1460. The number of aryl methyl sites for hydroxylation is 2. The molecule has 0 radical (unpaired) electrons. The fourth-order valence-corrected chi connectivity index (χ4v) is 5.50. The lowest BCUT2D eigenvalue weighted by atomic mass is 10.0. The molecule has 0 fully saturated rings. The predicted molar refractivity (Wildman–Crippen MR) is 148 cm³/mol. The number of nitrogens with zero attached hydrogens (tertiary/aromatic N) is 5. The van der Waals surface area contributed by atoms with Gasteiger partial charge in [-0.05, 0) is 75.8 Å². The van der Waals surface area contributed by atoms with Gasteiger partial charge in [0.05, 0.1) is 18.1 Å². The SMILES string of the molecule is Cc1ccc(Oc2ccc(Nc3ncnc4sc5c(c34)CCN(C(=O)/C=C/CN(C)C)C5)cc2C)cn1. The van der Waals surface area contributed by atoms with Crippen molar-refractivity contribution in [3.8, 4) is 11.5 Å². The van der Waals surface area contributed by atoms with Crippen LogP contribution in [-0.4, -0.2) is 57.8 Å². The number of aromatic nitrogens is 3. The first kappa shape index (κ1) is 24.9. The average Bonchev–Trinajstić information content (AvgIpc) is 3.25. The third kappa shape index (κ3) is 5.63. The molecule has 3 aromatic heterocycles. The minimum absolute atomic E-state index is 0.0496. The summed E-state index contributed by atoms with van der Waals surface area (Å²) in [5.74, 6) is 2.32. The number of rotatable bonds is 7. The van der Waals surface area contributed by atoms with Crippen molar-refractivity contribution in [1.29, 1.82) is 0 Å². The molecule has 0 spiro atoms. The van der Waals surface area contributed by atoms with Crippen molar-refractivity contribution in [3.05, 3.63) is 76.7 Å². The van der Waals surface area contributed by atoms with E-state index in [4.69, 9.17) is 4.74 Å². The molecule has 37 heavy (non-hydrogen) atoms. The van der Waals surface area contributed by atoms with Crippen LogP contribution in [0.4, 0.5) is 11.5 Å². The normalized spacial score (nSPS) is 13.4. The summed E-state index contributed by atoms with van der Waals surface area (Å²) in [7, 11) is 3.97. The molecule has 1 N–H and O–H groups in total. The lowest BCUT2D eigenvalue weighted by Gasteiger charge is -2.26. The number of carbonyl (C=O) groups excluding carboxylic acids is 1.